The lowest BCUT2D eigenvalue weighted by atomic mass is 9.48. The second kappa shape index (κ2) is 7.45. The molecule has 0 heterocycles. The van der Waals surface area contributed by atoms with Gasteiger partial charge in [0.15, 0.2) is 0 Å². The molecule has 4 bridgehead atoms. The quantitative estimate of drug-likeness (QED) is 0.700. The first-order valence-corrected chi connectivity index (χ1v) is 10.9. The van der Waals surface area contributed by atoms with E-state index < -0.39 is 34.8 Å². The highest BCUT2D eigenvalue weighted by Gasteiger charge is 2.61. The van der Waals surface area contributed by atoms with E-state index in [1.54, 1.807) is 24.3 Å². The predicted octanol–water partition coefficient (Wildman–Crippen LogP) is 4.38. The van der Waals surface area contributed by atoms with E-state index in [2.05, 4.69) is 5.32 Å². The predicted molar refractivity (Wildman–Crippen MR) is 112 cm³/mol. The van der Waals surface area contributed by atoms with Crippen LogP contribution in [0.15, 0.2) is 54.6 Å². The van der Waals surface area contributed by atoms with E-state index in [9.17, 15) is 19.1 Å². The third kappa shape index (κ3) is 3.85. The summed E-state index contributed by atoms with van der Waals surface area (Å²) in [6.45, 7) is 0. The maximum absolute atomic E-state index is 13.5. The number of carbonyl (C=O) groups is 2. The van der Waals surface area contributed by atoms with Crippen molar-refractivity contribution in [3.8, 4) is 0 Å². The van der Waals surface area contributed by atoms with Gasteiger partial charge >= 0.3 is 5.97 Å². The van der Waals surface area contributed by atoms with Crippen LogP contribution in [0.25, 0.3) is 0 Å². The molecule has 4 saturated carbocycles. The van der Waals surface area contributed by atoms with Gasteiger partial charge in [-0.25, -0.2) is 4.39 Å². The van der Waals surface area contributed by atoms with Gasteiger partial charge < -0.3 is 15.2 Å². The normalized spacial score (nSPS) is 31.8. The minimum absolute atomic E-state index is 0.335. The highest BCUT2D eigenvalue weighted by Crippen LogP contribution is 2.62. The molecule has 31 heavy (non-hydrogen) atoms. The fourth-order valence-corrected chi connectivity index (χ4v) is 6.33. The zero-order chi connectivity index (χ0) is 21.6. The van der Waals surface area contributed by atoms with E-state index >= 15 is 0 Å². The smallest absolute Gasteiger partial charge is 0.313 e. The summed E-state index contributed by atoms with van der Waals surface area (Å²) in [6, 6.07) is 14.3. The average Bonchev–Trinajstić information content (AvgIpc) is 2.72. The molecule has 4 aliphatic carbocycles. The first kappa shape index (κ1) is 20.2. The molecule has 2 N–H and O–H groups in total. The number of amides is 1. The molecule has 1 amide bonds. The summed E-state index contributed by atoms with van der Waals surface area (Å²) in [5, 5.41) is 13.7. The van der Waals surface area contributed by atoms with Crippen molar-refractivity contribution in [1.29, 1.82) is 0 Å². The summed E-state index contributed by atoms with van der Waals surface area (Å²) in [4.78, 5) is 26.6. The van der Waals surface area contributed by atoms with Crippen molar-refractivity contribution < 1.29 is 23.8 Å². The number of anilines is 1. The molecule has 0 spiro atoms. The molecule has 4 fully saturated rings. The fraction of sp³-hybridized carbons (Fsp3) is 0.440. The Bertz CT molecular complexity index is 976. The Balaban J connectivity index is 1.39. The van der Waals surface area contributed by atoms with Crippen molar-refractivity contribution >= 4 is 17.6 Å². The van der Waals surface area contributed by atoms with E-state index in [-0.39, 0.29) is 0 Å². The monoisotopic (exact) mass is 423 g/mol. The lowest BCUT2D eigenvalue weighted by Crippen LogP contribution is -2.58. The average molecular weight is 423 g/mol. The number of carbonyl (C=O) groups excluding carboxylic acids is 2. The summed E-state index contributed by atoms with van der Waals surface area (Å²) in [7, 11) is 0. The number of esters is 1. The third-order valence-electron chi connectivity index (χ3n) is 7.14. The molecule has 0 aromatic heterocycles. The van der Waals surface area contributed by atoms with Gasteiger partial charge in [-0.1, -0.05) is 30.3 Å². The highest BCUT2D eigenvalue weighted by molar-refractivity contribution is 5.96. The minimum Gasteiger partial charge on any atom is -0.447 e. The van der Waals surface area contributed by atoms with Gasteiger partial charge in [0.1, 0.15) is 5.82 Å². The van der Waals surface area contributed by atoms with Gasteiger partial charge in [0, 0.05) is 11.3 Å². The number of ether oxygens (including phenoxy) is 1. The standard InChI is InChI=1S/C25H26FNO4/c26-19-6-8-20(9-7-19)27-22(28)21(18-4-2-1-3-5-18)31-23(29)24-11-16-10-17(12-24)14-25(30,13-16)15-24/h1-9,16-17,21,30H,10-15H2,(H,27,28)/t16-,17+,21-,24?,25?/m1/s1. The maximum Gasteiger partial charge on any atom is 0.313 e. The van der Waals surface area contributed by atoms with Gasteiger partial charge in [-0.05, 0) is 74.6 Å². The second-order valence-corrected chi connectivity index (χ2v) is 9.66. The molecule has 5 nitrogen and oxygen atoms in total. The molecule has 2 unspecified atom stereocenters. The van der Waals surface area contributed by atoms with E-state index in [0.717, 1.165) is 19.3 Å². The van der Waals surface area contributed by atoms with Crippen LogP contribution in [0.1, 0.15) is 50.2 Å². The van der Waals surface area contributed by atoms with E-state index in [4.69, 9.17) is 4.74 Å². The Morgan fingerprint density at radius 3 is 2.26 bits per heavy atom. The summed E-state index contributed by atoms with van der Waals surface area (Å²) in [5.74, 6) is -0.620. The molecular weight excluding hydrogens is 397 g/mol. The van der Waals surface area contributed by atoms with Gasteiger partial charge in [-0.3, -0.25) is 9.59 Å². The van der Waals surface area contributed by atoms with Crippen LogP contribution in [0.5, 0.6) is 0 Å². The van der Waals surface area contributed by atoms with Crippen LogP contribution in [0.3, 0.4) is 0 Å². The van der Waals surface area contributed by atoms with Crippen molar-refractivity contribution in [2.75, 3.05) is 5.32 Å². The number of aliphatic hydroxyl groups is 1. The molecule has 2 aromatic carbocycles. The summed E-state index contributed by atoms with van der Waals surface area (Å²) >= 11 is 0. The minimum atomic E-state index is -1.12. The van der Waals surface area contributed by atoms with Crippen LogP contribution in [0.2, 0.25) is 0 Å². The molecule has 0 radical (unpaired) electrons. The van der Waals surface area contributed by atoms with Gasteiger partial charge in [-0.2, -0.15) is 0 Å². The lowest BCUT2D eigenvalue weighted by Gasteiger charge is -2.58. The molecule has 4 aliphatic rings. The number of hydrogen-bond donors (Lipinski definition) is 2. The van der Waals surface area contributed by atoms with Crippen molar-refractivity contribution in [2.45, 2.75) is 50.2 Å². The molecule has 0 aliphatic heterocycles. The van der Waals surface area contributed by atoms with Gasteiger partial charge in [0.05, 0.1) is 11.0 Å². The van der Waals surface area contributed by atoms with Crippen LogP contribution < -0.4 is 5.32 Å². The number of halogens is 1. The van der Waals surface area contributed by atoms with E-state index in [1.165, 1.54) is 24.3 Å². The number of benzene rings is 2. The molecule has 2 aromatic rings. The first-order chi connectivity index (χ1) is 14.8. The molecule has 6 heteroatoms. The Hall–Kier alpha value is -2.73. The summed E-state index contributed by atoms with van der Waals surface area (Å²) < 4.78 is 19.1. The van der Waals surface area contributed by atoms with Gasteiger partial charge in [-0.15, -0.1) is 0 Å². The number of nitrogens with one attached hydrogen (secondary N) is 1. The van der Waals surface area contributed by atoms with Crippen LogP contribution in [0.4, 0.5) is 10.1 Å². The van der Waals surface area contributed by atoms with E-state index in [0.29, 0.717) is 42.3 Å². The third-order valence-corrected chi connectivity index (χ3v) is 7.14. The summed E-state index contributed by atoms with van der Waals surface area (Å²) in [5.41, 5.74) is -0.518. The Labute approximate surface area is 180 Å². The van der Waals surface area contributed by atoms with Crippen molar-refractivity contribution in [2.24, 2.45) is 17.3 Å². The Morgan fingerprint density at radius 1 is 1.00 bits per heavy atom. The van der Waals surface area contributed by atoms with Crippen molar-refractivity contribution in [1.82, 2.24) is 0 Å². The summed E-state index contributed by atoms with van der Waals surface area (Å²) in [6.07, 6.45) is 3.29. The molecular formula is C25H26FNO4. The van der Waals surface area contributed by atoms with Crippen LogP contribution in [0, 0.1) is 23.1 Å². The maximum atomic E-state index is 13.5. The molecule has 6 rings (SSSR count). The highest BCUT2D eigenvalue weighted by atomic mass is 19.1. The van der Waals surface area contributed by atoms with E-state index in [1.807, 2.05) is 6.07 Å². The van der Waals surface area contributed by atoms with Gasteiger partial charge in [0.2, 0.25) is 6.10 Å². The van der Waals surface area contributed by atoms with Crippen LogP contribution in [-0.4, -0.2) is 22.6 Å². The number of rotatable bonds is 5. The SMILES string of the molecule is O=C(Nc1ccc(F)cc1)[C@H](OC(=O)C12C[C@@H]3C[C@@H](CC(O)(C3)C1)C2)c1ccccc1. The number of hydrogen-bond acceptors (Lipinski definition) is 4. The van der Waals surface area contributed by atoms with Crippen LogP contribution >= 0.6 is 0 Å². The van der Waals surface area contributed by atoms with Crippen molar-refractivity contribution in [3.05, 3.63) is 66.0 Å². The Kier molecular flexibility index (Phi) is 4.85. The van der Waals surface area contributed by atoms with Crippen molar-refractivity contribution in [3.63, 3.8) is 0 Å². The molecule has 0 saturated heterocycles. The topological polar surface area (TPSA) is 75.6 Å². The lowest BCUT2D eigenvalue weighted by molar-refractivity contribution is -0.200. The zero-order valence-electron chi connectivity index (χ0n) is 17.2. The zero-order valence-corrected chi connectivity index (χ0v) is 17.2. The van der Waals surface area contributed by atoms with Gasteiger partial charge in [0.25, 0.3) is 5.91 Å². The van der Waals surface area contributed by atoms with Crippen LogP contribution in [-0.2, 0) is 14.3 Å². The fourth-order valence-electron chi connectivity index (χ4n) is 6.33. The first-order valence-electron chi connectivity index (χ1n) is 10.9. The molecule has 162 valence electrons. The second-order valence-electron chi connectivity index (χ2n) is 9.66. The molecule has 5 atom stereocenters. The largest absolute Gasteiger partial charge is 0.447 e. The Morgan fingerprint density at radius 2 is 1.65 bits per heavy atom.